The van der Waals surface area contributed by atoms with Gasteiger partial charge in [0.15, 0.2) is 5.82 Å². The summed E-state index contributed by atoms with van der Waals surface area (Å²) in [7, 11) is 0. The Hall–Kier alpha value is -1.56. The highest BCUT2D eigenvalue weighted by molar-refractivity contribution is 5.83. The summed E-state index contributed by atoms with van der Waals surface area (Å²) >= 11 is 0. The number of hydrogen-bond acceptors (Lipinski definition) is 4. The maximum absolute atomic E-state index is 11.6. The molecule has 1 aromatic rings. The topological polar surface area (TPSA) is 76.4 Å². The fourth-order valence-electron chi connectivity index (χ4n) is 1.47. The van der Waals surface area contributed by atoms with E-state index in [1.807, 2.05) is 13.8 Å². The van der Waals surface area contributed by atoms with E-state index >= 15 is 0 Å². The van der Waals surface area contributed by atoms with Gasteiger partial charge in [-0.1, -0.05) is 0 Å². The first-order valence-electron chi connectivity index (χ1n) is 5.92. The Morgan fingerprint density at radius 2 is 2.17 bits per heavy atom. The first-order valence-corrected chi connectivity index (χ1v) is 5.92. The predicted octanol–water partition coefficient (Wildman–Crippen LogP) is 2.30. The molecule has 0 bridgehead atoms. The number of rotatable bonds is 3. The van der Waals surface area contributed by atoms with Crippen LogP contribution in [0.25, 0.3) is 0 Å². The molecule has 0 aliphatic heterocycles. The first-order chi connectivity index (χ1) is 8.23. The van der Waals surface area contributed by atoms with Crippen LogP contribution < -0.4 is 5.32 Å². The van der Waals surface area contributed by atoms with Crippen LogP contribution >= 0.6 is 0 Å². The van der Waals surface area contributed by atoms with E-state index in [9.17, 15) is 9.90 Å². The van der Waals surface area contributed by atoms with Gasteiger partial charge in [-0.3, -0.25) is 10.00 Å². The lowest BCUT2D eigenvalue weighted by atomic mass is 10.2. The van der Waals surface area contributed by atoms with Crippen LogP contribution in [-0.2, 0) is 11.3 Å². The lowest BCUT2D eigenvalue weighted by Gasteiger charge is -2.19. The van der Waals surface area contributed by atoms with E-state index in [4.69, 9.17) is 4.74 Å². The molecule has 102 valence electrons. The minimum Gasteiger partial charge on any atom is -0.444 e. The van der Waals surface area contributed by atoms with Crippen LogP contribution in [0, 0.1) is 0 Å². The number of carbonyl (C=O) groups is 1. The number of nitrogens with zero attached hydrogens (tertiary/aromatic N) is 2. The number of ether oxygens (including phenoxy) is 1. The SMILES string of the molecule is CC(C)n1nc(NC(=O)OC(C)(C)C)cc1CO. The zero-order valence-corrected chi connectivity index (χ0v) is 11.5. The zero-order chi connectivity index (χ0) is 13.9. The second-order valence-electron chi connectivity index (χ2n) is 5.34. The number of aliphatic hydroxyl groups excluding tert-OH is 1. The van der Waals surface area contributed by atoms with Gasteiger partial charge in [-0.2, -0.15) is 5.10 Å². The van der Waals surface area contributed by atoms with Crippen molar-refractivity contribution in [2.75, 3.05) is 5.32 Å². The van der Waals surface area contributed by atoms with E-state index in [2.05, 4.69) is 10.4 Å². The number of aliphatic hydroxyl groups is 1. The maximum atomic E-state index is 11.6. The van der Waals surface area contributed by atoms with Crippen LogP contribution in [0.15, 0.2) is 6.07 Å². The lowest BCUT2D eigenvalue weighted by molar-refractivity contribution is 0.0635. The number of hydrogen-bond donors (Lipinski definition) is 2. The number of anilines is 1. The van der Waals surface area contributed by atoms with Gasteiger partial charge in [0.1, 0.15) is 5.60 Å². The van der Waals surface area contributed by atoms with Crippen LogP contribution in [0.3, 0.4) is 0 Å². The molecule has 1 aromatic heterocycles. The monoisotopic (exact) mass is 255 g/mol. The summed E-state index contributed by atoms with van der Waals surface area (Å²) < 4.78 is 6.78. The third kappa shape index (κ3) is 4.03. The van der Waals surface area contributed by atoms with Crippen LogP contribution in [0.2, 0.25) is 0 Å². The molecule has 0 atom stereocenters. The molecule has 0 fully saturated rings. The second-order valence-corrected chi connectivity index (χ2v) is 5.34. The smallest absolute Gasteiger partial charge is 0.413 e. The average Bonchev–Trinajstić information content (AvgIpc) is 2.57. The van der Waals surface area contributed by atoms with Crippen molar-refractivity contribution in [3.8, 4) is 0 Å². The lowest BCUT2D eigenvalue weighted by Crippen LogP contribution is -2.27. The second kappa shape index (κ2) is 5.39. The summed E-state index contributed by atoms with van der Waals surface area (Å²) in [6, 6.07) is 1.74. The number of amides is 1. The average molecular weight is 255 g/mol. The highest BCUT2D eigenvalue weighted by Gasteiger charge is 2.18. The van der Waals surface area contributed by atoms with Gasteiger partial charge in [-0.15, -0.1) is 0 Å². The number of nitrogens with one attached hydrogen (secondary N) is 1. The van der Waals surface area contributed by atoms with Crippen molar-refractivity contribution in [3.05, 3.63) is 11.8 Å². The van der Waals surface area contributed by atoms with Crippen molar-refractivity contribution in [2.24, 2.45) is 0 Å². The van der Waals surface area contributed by atoms with Gasteiger partial charge in [-0.25, -0.2) is 4.79 Å². The van der Waals surface area contributed by atoms with E-state index in [0.717, 1.165) is 0 Å². The molecule has 0 aromatic carbocycles. The molecule has 0 spiro atoms. The Balaban J connectivity index is 2.77. The van der Waals surface area contributed by atoms with Crippen molar-refractivity contribution >= 4 is 11.9 Å². The van der Waals surface area contributed by atoms with Gasteiger partial charge in [0.25, 0.3) is 0 Å². The highest BCUT2D eigenvalue weighted by Crippen LogP contribution is 2.16. The van der Waals surface area contributed by atoms with E-state index < -0.39 is 11.7 Å². The fraction of sp³-hybridized carbons (Fsp3) is 0.667. The van der Waals surface area contributed by atoms with Crippen LogP contribution in [0.5, 0.6) is 0 Å². The van der Waals surface area contributed by atoms with Crippen LogP contribution in [0.1, 0.15) is 46.4 Å². The third-order valence-electron chi connectivity index (χ3n) is 2.09. The minimum absolute atomic E-state index is 0.112. The van der Waals surface area contributed by atoms with Crippen molar-refractivity contribution in [2.45, 2.75) is 52.9 Å². The van der Waals surface area contributed by atoms with Gasteiger partial charge in [0.05, 0.1) is 12.3 Å². The van der Waals surface area contributed by atoms with Crippen molar-refractivity contribution < 1.29 is 14.6 Å². The minimum atomic E-state index is -0.555. The molecular weight excluding hydrogens is 234 g/mol. The van der Waals surface area contributed by atoms with Gasteiger partial charge in [0.2, 0.25) is 0 Å². The molecule has 1 amide bonds. The van der Waals surface area contributed by atoms with Crippen molar-refractivity contribution in [1.29, 1.82) is 0 Å². The molecule has 0 saturated heterocycles. The quantitative estimate of drug-likeness (QED) is 0.869. The first kappa shape index (κ1) is 14.5. The highest BCUT2D eigenvalue weighted by atomic mass is 16.6. The molecular formula is C12H21N3O3. The molecule has 6 heteroatoms. The van der Waals surface area contributed by atoms with Gasteiger partial charge in [0, 0.05) is 12.1 Å². The molecule has 0 aliphatic rings. The molecule has 0 unspecified atom stereocenters. The van der Waals surface area contributed by atoms with E-state index in [0.29, 0.717) is 11.5 Å². The number of carbonyl (C=O) groups excluding carboxylic acids is 1. The Kier molecular flexibility index (Phi) is 4.34. The maximum Gasteiger partial charge on any atom is 0.413 e. The fourth-order valence-corrected chi connectivity index (χ4v) is 1.47. The normalized spacial score (nSPS) is 11.7. The largest absolute Gasteiger partial charge is 0.444 e. The summed E-state index contributed by atoms with van der Waals surface area (Å²) in [5.74, 6) is 0.377. The zero-order valence-electron chi connectivity index (χ0n) is 11.5. The van der Waals surface area contributed by atoms with Crippen LogP contribution in [0.4, 0.5) is 10.6 Å². The van der Waals surface area contributed by atoms with E-state index in [-0.39, 0.29) is 12.6 Å². The van der Waals surface area contributed by atoms with Crippen molar-refractivity contribution in [1.82, 2.24) is 9.78 Å². The van der Waals surface area contributed by atoms with E-state index in [1.54, 1.807) is 31.5 Å². The van der Waals surface area contributed by atoms with Crippen LogP contribution in [-0.4, -0.2) is 26.6 Å². The van der Waals surface area contributed by atoms with Gasteiger partial charge < -0.3 is 9.84 Å². The van der Waals surface area contributed by atoms with Gasteiger partial charge >= 0.3 is 6.09 Å². The molecule has 1 rings (SSSR count). The summed E-state index contributed by atoms with van der Waals surface area (Å²) in [4.78, 5) is 11.6. The molecule has 18 heavy (non-hydrogen) atoms. The Morgan fingerprint density at radius 3 is 2.56 bits per heavy atom. The van der Waals surface area contributed by atoms with Crippen molar-refractivity contribution in [3.63, 3.8) is 0 Å². The molecule has 2 N–H and O–H groups in total. The van der Waals surface area contributed by atoms with Gasteiger partial charge in [-0.05, 0) is 34.6 Å². The molecule has 6 nitrogen and oxygen atoms in total. The standard InChI is InChI=1S/C12H21N3O3/c1-8(2)15-9(7-16)6-10(14-15)13-11(17)18-12(3,4)5/h6,8,16H,7H2,1-5H3,(H,13,14,17). The summed E-state index contributed by atoms with van der Waals surface area (Å²) in [6.07, 6.45) is -0.555. The Morgan fingerprint density at radius 1 is 1.56 bits per heavy atom. The van der Waals surface area contributed by atoms with E-state index in [1.165, 1.54) is 0 Å². The number of aromatic nitrogens is 2. The molecule has 0 aliphatic carbocycles. The predicted molar refractivity (Wildman–Crippen MR) is 68.4 cm³/mol. The Labute approximate surface area is 107 Å². The molecule has 0 radical (unpaired) electrons. The Bertz CT molecular complexity index is 419. The molecule has 1 heterocycles. The molecule has 0 saturated carbocycles. The summed E-state index contributed by atoms with van der Waals surface area (Å²) in [5, 5.41) is 15.9. The summed E-state index contributed by atoms with van der Waals surface area (Å²) in [5.41, 5.74) is 0.0980. The third-order valence-corrected chi connectivity index (χ3v) is 2.09. The summed E-state index contributed by atoms with van der Waals surface area (Å²) in [6.45, 7) is 9.14.